The second kappa shape index (κ2) is 10.8. The van der Waals surface area contributed by atoms with E-state index in [-0.39, 0.29) is 5.91 Å². The fraction of sp³-hybridized carbons (Fsp3) is 0.478. The van der Waals surface area contributed by atoms with Gasteiger partial charge >= 0.3 is 0 Å². The second-order valence-corrected chi connectivity index (χ2v) is 7.53. The number of hydrogen-bond donors (Lipinski definition) is 1. The molecule has 1 saturated heterocycles. The van der Waals surface area contributed by atoms with Crippen LogP contribution in [0, 0.1) is 0 Å². The Labute approximate surface area is 179 Å². The number of nitrogens with zero attached hydrogens (tertiary/aromatic N) is 3. The van der Waals surface area contributed by atoms with Gasteiger partial charge in [0.05, 0.1) is 13.7 Å². The van der Waals surface area contributed by atoms with Gasteiger partial charge in [0.2, 0.25) is 0 Å². The quantitative estimate of drug-likeness (QED) is 0.639. The van der Waals surface area contributed by atoms with Gasteiger partial charge in [-0.2, -0.15) is 0 Å². The van der Waals surface area contributed by atoms with Crippen LogP contribution in [0.5, 0.6) is 11.5 Å². The zero-order chi connectivity index (χ0) is 21.3. The molecule has 0 radical (unpaired) electrons. The lowest BCUT2D eigenvalue weighted by atomic mass is 10.1. The molecule has 1 aliphatic rings. The number of nitrogens with one attached hydrogen (secondary N) is 1. The second-order valence-electron chi connectivity index (χ2n) is 7.53. The molecule has 1 fully saturated rings. The van der Waals surface area contributed by atoms with Crippen LogP contribution in [0.1, 0.15) is 35.7 Å². The SMILES string of the molecule is CCCCOc1ccc(C(=O)NCc2cccnc2N2CCN(C)CC2)cc1OC. The van der Waals surface area contributed by atoms with Crippen LogP contribution >= 0.6 is 0 Å². The Hall–Kier alpha value is -2.80. The van der Waals surface area contributed by atoms with Crippen molar-refractivity contribution in [2.75, 3.05) is 51.8 Å². The molecule has 30 heavy (non-hydrogen) atoms. The van der Waals surface area contributed by atoms with Crippen molar-refractivity contribution >= 4 is 11.7 Å². The Morgan fingerprint density at radius 3 is 2.70 bits per heavy atom. The monoisotopic (exact) mass is 412 g/mol. The van der Waals surface area contributed by atoms with Crippen molar-refractivity contribution in [2.24, 2.45) is 0 Å². The first-order valence-electron chi connectivity index (χ1n) is 10.6. The van der Waals surface area contributed by atoms with E-state index in [9.17, 15) is 4.79 Å². The molecule has 7 nitrogen and oxygen atoms in total. The summed E-state index contributed by atoms with van der Waals surface area (Å²) < 4.78 is 11.2. The van der Waals surface area contributed by atoms with Crippen molar-refractivity contribution < 1.29 is 14.3 Å². The van der Waals surface area contributed by atoms with Gasteiger partial charge < -0.3 is 24.6 Å². The molecule has 7 heteroatoms. The van der Waals surface area contributed by atoms with Crippen molar-refractivity contribution in [2.45, 2.75) is 26.3 Å². The highest BCUT2D eigenvalue weighted by atomic mass is 16.5. The van der Waals surface area contributed by atoms with Crippen LogP contribution in [0.3, 0.4) is 0 Å². The molecule has 1 aliphatic heterocycles. The number of amides is 1. The number of anilines is 1. The van der Waals surface area contributed by atoms with Crippen LogP contribution in [0.25, 0.3) is 0 Å². The van der Waals surface area contributed by atoms with Gasteiger partial charge in [-0.3, -0.25) is 4.79 Å². The molecular weight excluding hydrogens is 380 g/mol. The Morgan fingerprint density at radius 1 is 1.17 bits per heavy atom. The van der Waals surface area contributed by atoms with Crippen molar-refractivity contribution in [3.8, 4) is 11.5 Å². The standard InChI is InChI=1S/C23H32N4O3/c1-4-5-15-30-20-9-8-18(16-21(20)29-3)23(28)25-17-19-7-6-10-24-22(19)27-13-11-26(2)12-14-27/h6-10,16H,4-5,11-15,17H2,1-3H3,(H,25,28). The molecule has 0 atom stereocenters. The highest BCUT2D eigenvalue weighted by Gasteiger charge is 2.18. The summed E-state index contributed by atoms with van der Waals surface area (Å²) in [6.45, 7) is 7.06. The largest absolute Gasteiger partial charge is 0.493 e. The lowest BCUT2D eigenvalue weighted by Crippen LogP contribution is -2.45. The lowest BCUT2D eigenvalue weighted by Gasteiger charge is -2.34. The van der Waals surface area contributed by atoms with Gasteiger partial charge in [-0.15, -0.1) is 0 Å². The summed E-state index contributed by atoms with van der Waals surface area (Å²) in [7, 11) is 3.72. The molecule has 0 bridgehead atoms. The minimum atomic E-state index is -0.151. The van der Waals surface area contributed by atoms with E-state index in [1.54, 1.807) is 31.5 Å². The van der Waals surface area contributed by atoms with E-state index in [1.165, 1.54) is 0 Å². The first kappa shape index (κ1) is 21.9. The van der Waals surface area contributed by atoms with Gasteiger partial charge in [-0.25, -0.2) is 4.98 Å². The average Bonchev–Trinajstić information content (AvgIpc) is 2.78. The number of benzene rings is 1. The molecule has 0 saturated carbocycles. The number of pyridine rings is 1. The molecular formula is C23H32N4O3. The number of piperazine rings is 1. The Morgan fingerprint density at radius 2 is 1.97 bits per heavy atom. The van der Waals surface area contributed by atoms with Crippen LogP contribution in [-0.2, 0) is 6.54 Å². The molecule has 1 amide bonds. The highest BCUT2D eigenvalue weighted by molar-refractivity contribution is 5.94. The minimum absolute atomic E-state index is 0.151. The van der Waals surface area contributed by atoms with Gasteiger partial charge in [-0.05, 0) is 37.7 Å². The molecule has 0 unspecified atom stereocenters. The van der Waals surface area contributed by atoms with Crippen molar-refractivity contribution in [1.82, 2.24) is 15.2 Å². The zero-order valence-electron chi connectivity index (χ0n) is 18.2. The molecule has 0 spiro atoms. The number of ether oxygens (including phenoxy) is 2. The number of aromatic nitrogens is 1. The third kappa shape index (κ3) is 5.63. The molecule has 1 aromatic carbocycles. The van der Waals surface area contributed by atoms with Crippen LogP contribution < -0.4 is 19.7 Å². The Kier molecular flexibility index (Phi) is 7.90. The van der Waals surface area contributed by atoms with E-state index in [4.69, 9.17) is 9.47 Å². The summed E-state index contributed by atoms with van der Waals surface area (Å²) in [5.74, 6) is 2.02. The summed E-state index contributed by atoms with van der Waals surface area (Å²) in [6.07, 6.45) is 3.85. The molecule has 3 rings (SSSR count). The van der Waals surface area contributed by atoms with Crippen LogP contribution in [0.2, 0.25) is 0 Å². The molecule has 2 aromatic rings. The first-order chi connectivity index (χ1) is 14.6. The number of unbranched alkanes of at least 4 members (excludes halogenated alkanes) is 1. The molecule has 0 aliphatic carbocycles. The van der Waals surface area contributed by atoms with Crippen molar-refractivity contribution in [3.63, 3.8) is 0 Å². The fourth-order valence-electron chi connectivity index (χ4n) is 3.40. The van der Waals surface area contributed by atoms with E-state index >= 15 is 0 Å². The van der Waals surface area contributed by atoms with Gasteiger partial charge in [0.1, 0.15) is 5.82 Å². The number of carbonyl (C=O) groups is 1. The summed E-state index contributed by atoms with van der Waals surface area (Å²) >= 11 is 0. The Bertz CT molecular complexity index is 835. The summed E-state index contributed by atoms with van der Waals surface area (Å²) in [6, 6.07) is 9.22. The first-order valence-corrected chi connectivity index (χ1v) is 10.6. The topological polar surface area (TPSA) is 66.9 Å². The molecule has 1 aromatic heterocycles. The predicted octanol–water partition coefficient (Wildman–Crippen LogP) is 2.95. The van der Waals surface area contributed by atoms with Crippen molar-refractivity contribution in [3.05, 3.63) is 47.7 Å². The van der Waals surface area contributed by atoms with Gasteiger partial charge in [0.25, 0.3) is 5.91 Å². The third-order valence-electron chi connectivity index (χ3n) is 5.29. The van der Waals surface area contributed by atoms with Gasteiger partial charge in [0.15, 0.2) is 11.5 Å². The highest BCUT2D eigenvalue weighted by Crippen LogP contribution is 2.28. The summed E-state index contributed by atoms with van der Waals surface area (Å²) in [5, 5.41) is 3.01. The van der Waals surface area contributed by atoms with E-state index in [2.05, 4.69) is 34.1 Å². The number of rotatable bonds is 9. The normalized spacial score (nSPS) is 14.4. The zero-order valence-corrected chi connectivity index (χ0v) is 18.2. The molecule has 162 valence electrons. The average molecular weight is 413 g/mol. The fourth-order valence-corrected chi connectivity index (χ4v) is 3.40. The summed E-state index contributed by atoms with van der Waals surface area (Å²) in [5.41, 5.74) is 1.56. The van der Waals surface area contributed by atoms with Gasteiger partial charge in [0, 0.05) is 50.0 Å². The molecule has 2 heterocycles. The number of carbonyl (C=O) groups excluding carboxylic acids is 1. The van der Waals surface area contributed by atoms with E-state index in [1.807, 2.05) is 12.1 Å². The smallest absolute Gasteiger partial charge is 0.251 e. The Balaban J connectivity index is 1.64. The van der Waals surface area contributed by atoms with Crippen molar-refractivity contribution in [1.29, 1.82) is 0 Å². The van der Waals surface area contributed by atoms with Crippen LogP contribution in [-0.4, -0.2) is 62.7 Å². The van der Waals surface area contributed by atoms with E-state index in [0.717, 1.165) is 50.4 Å². The van der Waals surface area contributed by atoms with Gasteiger partial charge in [-0.1, -0.05) is 19.4 Å². The maximum absolute atomic E-state index is 12.7. The van der Waals surface area contributed by atoms with Crippen LogP contribution in [0.15, 0.2) is 36.5 Å². The number of likely N-dealkylation sites (N-methyl/N-ethyl adjacent to an activating group) is 1. The maximum atomic E-state index is 12.7. The number of methoxy groups -OCH3 is 1. The lowest BCUT2D eigenvalue weighted by molar-refractivity contribution is 0.0950. The number of hydrogen-bond acceptors (Lipinski definition) is 6. The van der Waals surface area contributed by atoms with E-state index in [0.29, 0.717) is 30.2 Å². The van der Waals surface area contributed by atoms with E-state index < -0.39 is 0 Å². The minimum Gasteiger partial charge on any atom is -0.493 e. The molecule has 1 N–H and O–H groups in total. The van der Waals surface area contributed by atoms with Crippen LogP contribution in [0.4, 0.5) is 5.82 Å². The maximum Gasteiger partial charge on any atom is 0.251 e. The third-order valence-corrected chi connectivity index (χ3v) is 5.29. The summed E-state index contributed by atoms with van der Waals surface area (Å²) in [4.78, 5) is 21.9. The predicted molar refractivity (Wildman–Crippen MR) is 119 cm³/mol.